The molecule has 1 saturated heterocycles. The second-order valence-corrected chi connectivity index (χ2v) is 8.69. The maximum absolute atomic E-state index is 13.4. The number of sulfonamides is 1. The van der Waals surface area contributed by atoms with E-state index in [1.807, 2.05) is 19.1 Å². The molecule has 1 N–H and O–H groups in total. The predicted octanol–water partition coefficient (Wildman–Crippen LogP) is 3.84. The summed E-state index contributed by atoms with van der Waals surface area (Å²) in [6.45, 7) is 4.14. The van der Waals surface area contributed by atoms with Gasteiger partial charge in [0.25, 0.3) is 0 Å². The van der Waals surface area contributed by atoms with Crippen LogP contribution in [0, 0.1) is 19.7 Å². The molecule has 0 spiro atoms. The van der Waals surface area contributed by atoms with Crippen LogP contribution in [0.1, 0.15) is 35.8 Å². The molecule has 0 bridgehead atoms. The molecule has 1 aromatic heterocycles. The molecule has 136 valence electrons. The van der Waals surface area contributed by atoms with Crippen molar-refractivity contribution in [1.29, 1.82) is 0 Å². The first-order valence-corrected chi connectivity index (χ1v) is 10.0. The molecule has 1 aliphatic heterocycles. The van der Waals surface area contributed by atoms with Gasteiger partial charge in [-0.2, -0.15) is 4.31 Å². The fraction of sp³-hybridized carbons (Fsp3) is 0.316. The minimum Gasteiger partial charge on any atom is -0.341 e. The van der Waals surface area contributed by atoms with Crippen LogP contribution in [0.15, 0.2) is 41.3 Å². The Morgan fingerprint density at radius 1 is 1.19 bits per heavy atom. The van der Waals surface area contributed by atoms with Gasteiger partial charge in [0.15, 0.2) is 0 Å². The van der Waals surface area contributed by atoms with E-state index < -0.39 is 10.0 Å². The number of benzene rings is 2. The lowest BCUT2D eigenvalue weighted by Crippen LogP contribution is -2.31. The third kappa shape index (κ3) is 2.81. The van der Waals surface area contributed by atoms with Crippen LogP contribution in [-0.2, 0) is 10.0 Å². The summed E-state index contributed by atoms with van der Waals surface area (Å²) in [7, 11) is -3.64. The number of nitrogens with one attached hydrogen (secondary N) is 1. The first-order valence-electron chi connectivity index (χ1n) is 8.60. The molecule has 5 nitrogen and oxygen atoms in total. The minimum atomic E-state index is -3.64. The minimum absolute atomic E-state index is 0.339. The van der Waals surface area contributed by atoms with E-state index in [4.69, 9.17) is 0 Å². The van der Waals surface area contributed by atoms with Gasteiger partial charge in [-0.1, -0.05) is 12.1 Å². The molecule has 0 saturated carbocycles. The summed E-state index contributed by atoms with van der Waals surface area (Å²) in [6.07, 6.45) is 1.45. The number of halogens is 1. The summed E-state index contributed by atoms with van der Waals surface area (Å²) in [6, 6.07) is 9.42. The Kier molecular flexibility index (Phi) is 4.08. The van der Waals surface area contributed by atoms with Gasteiger partial charge >= 0.3 is 0 Å². The third-order valence-corrected chi connectivity index (χ3v) is 6.96. The topological polar surface area (TPSA) is 66.1 Å². The van der Waals surface area contributed by atoms with E-state index in [0.717, 1.165) is 17.5 Å². The van der Waals surface area contributed by atoms with Crippen molar-refractivity contribution in [3.05, 3.63) is 59.2 Å². The first kappa shape index (κ1) is 17.2. The highest BCUT2D eigenvalue weighted by Gasteiger charge is 2.38. The molecule has 2 heterocycles. The molecule has 2 aromatic carbocycles. The van der Waals surface area contributed by atoms with Crippen molar-refractivity contribution in [2.24, 2.45) is 0 Å². The van der Waals surface area contributed by atoms with E-state index in [-0.39, 0.29) is 11.9 Å². The van der Waals surface area contributed by atoms with Crippen LogP contribution in [0.4, 0.5) is 4.39 Å². The first-order chi connectivity index (χ1) is 12.4. The zero-order valence-electron chi connectivity index (χ0n) is 14.7. The number of hydrogen-bond acceptors (Lipinski definition) is 3. The van der Waals surface area contributed by atoms with E-state index in [1.165, 1.54) is 16.4 Å². The van der Waals surface area contributed by atoms with E-state index in [0.29, 0.717) is 34.7 Å². The highest BCUT2D eigenvalue weighted by molar-refractivity contribution is 7.89. The lowest BCUT2D eigenvalue weighted by Gasteiger charge is -2.23. The maximum Gasteiger partial charge on any atom is 0.244 e. The van der Waals surface area contributed by atoms with Crippen LogP contribution in [0.2, 0.25) is 0 Å². The molecule has 7 heteroatoms. The Labute approximate surface area is 151 Å². The van der Waals surface area contributed by atoms with E-state index >= 15 is 0 Å². The molecule has 0 aliphatic carbocycles. The summed E-state index contributed by atoms with van der Waals surface area (Å²) < 4.78 is 41.5. The number of nitrogens with zero attached hydrogens (tertiary/aromatic N) is 2. The van der Waals surface area contributed by atoms with Crippen LogP contribution in [0.5, 0.6) is 0 Å². The van der Waals surface area contributed by atoms with Crippen molar-refractivity contribution >= 4 is 21.1 Å². The summed E-state index contributed by atoms with van der Waals surface area (Å²) in [5.41, 5.74) is 2.85. The summed E-state index contributed by atoms with van der Waals surface area (Å²) >= 11 is 0. The van der Waals surface area contributed by atoms with E-state index in [9.17, 15) is 12.8 Å². The fourth-order valence-corrected chi connectivity index (χ4v) is 5.54. The van der Waals surface area contributed by atoms with Crippen molar-refractivity contribution < 1.29 is 12.8 Å². The average Bonchev–Trinajstić information content (AvgIpc) is 3.23. The van der Waals surface area contributed by atoms with Gasteiger partial charge in [-0.25, -0.2) is 17.8 Å². The smallest absolute Gasteiger partial charge is 0.244 e. The number of H-pyrrole nitrogens is 1. The van der Waals surface area contributed by atoms with E-state index in [2.05, 4.69) is 9.97 Å². The van der Waals surface area contributed by atoms with Crippen molar-refractivity contribution in [1.82, 2.24) is 14.3 Å². The number of aromatic amines is 1. The maximum atomic E-state index is 13.4. The van der Waals surface area contributed by atoms with Crippen molar-refractivity contribution in [3.8, 4) is 0 Å². The third-order valence-electron chi connectivity index (χ3n) is 4.91. The number of aryl methyl sites for hydroxylation is 2. The van der Waals surface area contributed by atoms with Gasteiger partial charge in [0.1, 0.15) is 11.6 Å². The summed E-state index contributed by atoms with van der Waals surface area (Å²) in [4.78, 5) is 7.94. The lowest BCUT2D eigenvalue weighted by molar-refractivity contribution is 0.385. The molecule has 1 unspecified atom stereocenters. The Bertz CT molecular complexity index is 1090. The standard InChI is InChI=1S/C19H20FN3O2S/c1-12-5-6-13(2)18(10-12)26(24,25)23-9-3-4-17(23)19-21-15-8-7-14(20)11-16(15)22-19/h5-8,10-11,17H,3-4,9H2,1-2H3,(H,21,22). The van der Waals surface area contributed by atoms with Crippen LogP contribution in [-0.4, -0.2) is 29.2 Å². The highest BCUT2D eigenvalue weighted by Crippen LogP contribution is 2.37. The van der Waals surface area contributed by atoms with E-state index in [1.54, 1.807) is 19.1 Å². The van der Waals surface area contributed by atoms with Crippen LogP contribution >= 0.6 is 0 Å². The fourth-order valence-electron chi connectivity index (χ4n) is 3.57. The van der Waals surface area contributed by atoms with Gasteiger partial charge in [0.2, 0.25) is 10.0 Å². The zero-order chi connectivity index (χ0) is 18.5. The Morgan fingerprint density at radius 2 is 2.00 bits per heavy atom. The molecule has 1 aliphatic rings. The highest BCUT2D eigenvalue weighted by atomic mass is 32.2. The second kappa shape index (κ2) is 6.17. The summed E-state index contributed by atoms with van der Waals surface area (Å²) in [5.74, 6) is 0.218. The predicted molar refractivity (Wildman–Crippen MR) is 97.8 cm³/mol. The molecular weight excluding hydrogens is 353 g/mol. The van der Waals surface area contributed by atoms with Crippen LogP contribution in [0.3, 0.4) is 0 Å². The van der Waals surface area contributed by atoms with Crippen molar-refractivity contribution in [2.75, 3.05) is 6.54 Å². The largest absolute Gasteiger partial charge is 0.341 e. The lowest BCUT2D eigenvalue weighted by atomic mass is 10.2. The Balaban J connectivity index is 1.76. The Morgan fingerprint density at radius 3 is 2.81 bits per heavy atom. The number of imidazole rings is 1. The summed E-state index contributed by atoms with van der Waals surface area (Å²) in [5, 5.41) is 0. The average molecular weight is 373 g/mol. The van der Waals surface area contributed by atoms with Gasteiger partial charge in [0.05, 0.1) is 22.0 Å². The molecule has 3 aromatic rings. The van der Waals surface area contributed by atoms with Gasteiger partial charge in [0, 0.05) is 6.54 Å². The SMILES string of the molecule is Cc1ccc(C)c(S(=O)(=O)N2CCCC2c2nc3ccc(F)cc3[nH]2)c1. The van der Waals surface area contributed by atoms with Crippen LogP contribution in [0.25, 0.3) is 11.0 Å². The number of fused-ring (bicyclic) bond motifs is 1. The molecule has 0 amide bonds. The zero-order valence-corrected chi connectivity index (χ0v) is 15.5. The normalized spacial score (nSPS) is 18.7. The molecule has 26 heavy (non-hydrogen) atoms. The molecule has 1 atom stereocenters. The van der Waals surface area contributed by atoms with Gasteiger partial charge in [-0.3, -0.25) is 0 Å². The molecular formula is C19H20FN3O2S. The quantitative estimate of drug-likeness (QED) is 0.758. The number of aromatic nitrogens is 2. The number of hydrogen-bond donors (Lipinski definition) is 1. The van der Waals surface area contributed by atoms with Gasteiger partial charge in [-0.05, 0) is 62.1 Å². The molecule has 4 rings (SSSR count). The van der Waals surface area contributed by atoms with Gasteiger partial charge < -0.3 is 4.98 Å². The second-order valence-electron chi connectivity index (χ2n) is 6.83. The van der Waals surface area contributed by atoms with Gasteiger partial charge in [-0.15, -0.1) is 0 Å². The van der Waals surface area contributed by atoms with Crippen molar-refractivity contribution in [3.63, 3.8) is 0 Å². The Hall–Kier alpha value is -2.25. The van der Waals surface area contributed by atoms with Crippen LogP contribution < -0.4 is 0 Å². The molecule has 0 radical (unpaired) electrons. The monoisotopic (exact) mass is 373 g/mol. The van der Waals surface area contributed by atoms with Crippen molar-refractivity contribution in [2.45, 2.75) is 37.6 Å². The molecule has 1 fully saturated rings. The number of rotatable bonds is 3.